The van der Waals surface area contributed by atoms with Crippen molar-refractivity contribution >= 4 is 6.09 Å². The van der Waals surface area contributed by atoms with E-state index in [-0.39, 0.29) is 6.09 Å². The molecule has 16 heavy (non-hydrogen) atoms. The van der Waals surface area contributed by atoms with E-state index in [1.807, 2.05) is 25.7 Å². The van der Waals surface area contributed by atoms with E-state index < -0.39 is 5.60 Å². The fourth-order valence-electron chi connectivity index (χ4n) is 2.52. The van der Waals surface area contributed by atoms with Gasteiger partial charge in [0.15, 0.2) is 0 Å². The van der Waals surface area contributed by atoms with Crippen molar-refractivity contribution in [2.24, 2.45) is 17.6 Å². The third-order valence-corrected chi connectivity index (χ3v) is 3.51. The lowest BCUT2D eigenvalue weighted by molar-refractivity contribution is 0.0251. The van der Waals surface area contributed by atoms with Crippen LogP contribution in [0.25, 0.3) is 0 Å². The van der Waals surface area contributed by atoms with E-state index in [0.29, 0.717) is 17.9 Å². The van der Waals surface area contributed by atoms with Gasteiger partial charge in [0.05, 0.1) is 0 Å². The van der Waals surface area contributed by atoms with Crippen molar-refractivity contribution in [3.8, 4) is 0 Å². The zero-order chi connectivity index (χ0) is 11.9. The van der Waals surface area contributed by atoms with Gasteiger partial charge in [0, 0.05) is 19.1 Å². The van der Waals surface area contributed by atoms with Crippen LogP contribution in [0.4, 0.5) is 4.79 Å². The Hall–Kier alpha value is -0.770. The molecule has 1 heterocycles. The lowest BCUT2D eigenvalue weighted by Crippen LogP contribution is -2.38. The van der Waals surface area contributed by atoms with Crippen LogP contribution in [0.15, 0.2) is 0 Å². The monoisotopic (exact) mass is 226 g/mol. The van der Waals surface area contributed by atoms with Gasteiger partial charge >= 0.3 is 6.09 Å². The number of rotatable bonds is 0. The molecule has 4 heteroatoms. The maximum atomic E-state index is 11.8. The lowest BCUT2D eigenvalue weighted by atomic mass is 10.2. The molecule has 0 aromatic heterocycles. The average molecular weight is 226 g/mol. The Balaban J connectivity index is 1.85. The largest absolute Gasteiger partial charge is 0.444 e. The van der Waals surface area contributed by atoms with Gasteiger partial charge in [0.1, 0.15) is 5.60 Å². The molecule has 2 unspecified atom stereocenters. The summed E-state index contributed by atoms with van der Waals surface area (Å²) in [6, 6.07) is 0.390. The maximum Gasteiger partial charge on any atom is 0.410 e. The van der Waals surface area contributed by atoms with Crippen molar-refractivity contribution in [1.29, 1.82) is 0 Å². The Morgan fingerprint density at radius 1 is 1.25 bits per heavy atom. The van der Waals surface area contributed by atoms with Crippen LogP contribution in [-0.4, -0.2) is 35.7 Å². The van der Waals surface area contributed by atoms with Crippen LogP contribution in [0, 0.1) is 11.8 Å². The van der Waals surface area contributed by atoms with Crippen molar-refractivity contribution in [2.75, 3.05) is 13.1 Å². The molecule has 2 aliphatic rings. The Morgan fingerprint density at radius 2 is 1.75 bits per heavy atom. The van der Waals surface area contributed by atoms with Gasteiger partial charge in [0.2, 0.25) is 0 Å². The second-order valence-electron chi connectivity index (χ2n) is 5.95. The highest BCUT2D eigenvalue weighted by Gasteiger charge is 2.48. The zero-order valence-corrected chi connectivity index (χ0v) is 10.4. The molecule has 92 valence electrons. The minimum absolute atomic E-state index is 0.178. The van der Waals surface area contributed by atoms with Crippen LogP contribution in [0.2, 0.25) is 0 Å². The van der Waals surface area contributed by atoms with Crippen LogP contribution in [0.1, 0.15) is 33.6 Å². The first kappa shape index (κ1) is 11.7. The third-order valence-electron chi connectivity index (χ3n) is 3.51. The quantitative estimate of drug-likeness (QED) is 0.682. The molecule has 0 aromatic carbocycles. The molecule has 2 rings (SSSR count). The Kier molecular flexibility index (Phi) is 2.86. The first-order valence-corrected chi connectivity index (χ1v) is 6.12. The topological polar surface area (TPSA) is 55.6 Å². The standard InChI is InChI=1S/C12H22N2O2/c1-12(2,3)16-11(15)14-6-4-8-9(5-7-14)10(8)13/h8-10H,4-7,13H2,1-3H3. The minimum atomic E-state index is -0.400. The summed E-state index contributed by atoms with van der Waals surface area (Å²) in [6.07, 6.45) is 1.89. The smallest absolute Gasteiger partial charge is 0.410 e. The van der Waals surface area contributed by atoms with Crippen LogP contribution < -0.4 is 5.73 Å². The number of nitrogens with two attached hydrogens (primary N) is 1. The Bertz CT molecular complexity index is 271. The number of amides is 1. The molecule has 2 fully saturated rings. The molecule has 2 N–H and O–H groups in total. The van der Waals surface area contributed by atoms with E-state index in [9.17, 15) is 4.79 Å². The van der Waals surface area contributed by atoms with E-state index in [4.69, 9.17) is 10.5 Å². The summed E-state index contributed by atoms with van der Waals surface area (Å²) in [6.45, 7) is 7.29. The van der Waals surface area contributed by atoms with Gasteiger partial charge in [-0.3, -0.25) is 0 Å². The molecular weight excluding hydrogens is 204 g/mol. The highest BCUT2D eigenvalue weighted by molar-refractivity contribution is 5.68. The fraction of sp³-hybridized carbons (Fsp3) is 0.917. The summed E-state index contributed by atoms with van der Waals surface area (Å²) in [4.78, 5) is 13.7. The third kappa shape index (κ3) is 2.48. The number of hydrogen-bond donors (Lipinski definition) is 1. The molecule has 0 radical (unpaired) electrons. The van der Waals surface area contributed by atoms with Crippen molar-refractivity contribution in [3.05, 3.63) is 0 Å². The van der Waals surface area contributed by atoms with Gasteiger partial charge in [0.25, 0.3) is 0 Å². The van der Waals surface area contributed by atoms with Crippen molar-refractivity contribution in [1.82, 2.24) is 4.90 Å². The number of carbonyl (C=O) groups excluding carboxylic acids is 1. The minimum Gasteiger partial charge on any atom is -0.444 e. The highest BCUT2D eigenvalue weighted by atomic mass is 16.6. The highest BCUT2D eigenvalue weighted by Crippen LogP contribution is 2.44. The van der Waals surface area contributed by atoms with Crippen LogP contribution in [0.5, 0.6) is 0 Å². The summed E-state index contributed by atoms with van der Waals surface area (Å²) >= 11 is 0. The average Bonchev–Trinajstić information content (AvgIpc) is 2.79. The summed E-state index contributed by atoms with van der Waals surface area (Å²) in [5.74, 6) is 1.29. The Morgan fingerprint density at radius 3 is 2.19 bits per heavy atom. The molecule has 1 aliphatic carbocycles. The molecule has 4 nitrogen and oxygen atoms in total. The van der Waals surface area contributed by atoms with Crippen LogP contribution in [-0.2, 0) is 4.74 Å². The van der Waals surface area contributed by atoms with E-state index >= 15 is 0 Å². The van der Waals surface area contributed by atoms with Gasteiger partial charge in [-0.15, -0.1) is 0 Å². The van der Waals surface area contributed by atoms with Crippen LogP contribution in [0.3, 0.4) is 0 Å². The maximum absolute atomic E-state index is 11.8. The van der Waals surface area contributed by atoms with Crippen molar-refractivity contribution < 1.29 is 9.53 Å². The number of likely N-dealkylation sites (tertiary alicyclic amines) is 1. The first-order valence-electron chi connectivity index (χ1n) is 6.12. The second-order valence-corrected chi connectivity index (χ2v) is 5.95. The van der Waals surface area contributed by atoms with E-state index in [1.54, 1.807) is 0 Å². The predicted octanol–water partition coefficient (Wildman–Crippen LogP) is 1.59. The first-order chi connectivity index (χ1) is 7.38. The molecule has 0 spiro atoms. The molecule has 0 bridgehead atoms. The molecule has 2 atom stereocenters. The van der Waals surface area contributed by atoms with Gasteiger partial charge in [-0.25, -0.2) is 4.79 Å². The van der Waals surface area contributed by atoms with Crippen molar-refractivity contribution in [2.45, 2.75) is 45.3 Å². The summed E-state index contributed by atoms with van der Waals surface area (Å²) < 4.78 is 5.37. The number of nitrogens with zero attached hydrogens (tertiary/aromatic N) is 1. The molecule has 1 saturated carbocycles. The van der Waals surface area contributed by atoms with Gasteiger partial charge in [-0.05, 0) is 45.4 Å². The Labute approximate surface area is 97.1 Å². The fourth-order valence-corrected chi connectivity index (χ4v) is 2.52. The van der Waals surface area contributed by atoms with E-state index in [1.165, 1.54) is 0 Å². The number of ether oxygens (including phenoxy) is 1. The zero-order valence-electron chi connectivity index (χ0n) is 10.4. The molecule has 1 aliphatic heterocycles. The predicted molar refractivity (Wildman–Crippen MR) is 62.0 cm³/mol. The summed E-state index contributed by atoms with van der Waals surface area (Å²) in [5, 5.41) is 0. The number of fused-ring (bicyclic) bond motifs is 1. The molecule has 0 aromatic rings. The molecular formula is C12H22N2O2. The van der Waals surface area contributed by atoms with Gasteiger partial charge in [-0.1, -0.05) is 0 Å². The van der Waals surface area contributed by atoms with Gasteiger partial charge < -0.3 is 15.4 Å². The molecule has 1 saturated heterocycles. The molecule has 1 amide bonds. The number of carbonyl (C=O) groups is 1. The van der Waals surface area contributed by atoms with Crippen molar-refractivity contribution in [3.63, 3.8) is 0 Å². The van der Waals surface area contributed by atoms with Gasteiger partial charge in [-0.2, -0.15) is 0 Å². The SMILES string of the molecule is CC(C)(C)OC(=O)N1CCC2C(N)C2CC1. The lowest BCUT2D eigenvalue weighted by Gasteiger charge is -2.26. The van der Waals surface area contributed by atoms with E-state index in [2.05, 4.69) is 0 Å². The second kappa shape index (κ2) is 3.91. The van der Waals surface area contributed by atoms with E-state index in [0.717, 1.165) is 25.9 Å². The summed E-state index contributed by atoms with van der Waals surface area (Å²) in [7, 11) is 0. The normalized spacial score (nSPS) is 34.0. The van der Waals surface area contributed by atoms with Crippen LogP contribution >= 0.6 is 0 Å². The number of hydrogen-bond acceptors (Lipinski definition) is 3. The summed E-state index contributed by atoms with van der Waals surface area (Å²) in [5.41, 5.74) is 5.53.